The molecule has 17 heavy (non-hydrogen) atoms. The van der Waals surface area contributed by atoms with E-state index in [1.165, 1.54) is 0 Å². The number of carbonyl (C=O) groups excluding carboxylic acids is 1. The third kappa shape index (κ3) is 1.84. The molecule has 1 fully saturated rings. The number of benzene rings is 1. The first-order valence-corrected chi connectivity index (χ1v) is 5.82. The van der Waals surface area contributed by atoms with Gasteiger partial charge in [-0.1, -0.05) is 12.1 Å². The number of nitrogens with zero attached hydrogens (tertiary/aromatic N) is 3. The number of amides is 2. The number of hydrogen-bond donors (Lipinski definition) is 1. The minimum atomic E-state index is -0.0503. The highest BCUT2D eigenvalue weighted by Gasteiger charge is 2.18. The topological polar surface area (TPSA) is 50.2 Å². The number of urea groups is 1. The van der Waals surface area contributed by atoms with E-state index in [1.54, 1.807) is 11.0 Å². The van der Waals surface area contributed by atoms with Gasteiger partial charge in [-0.05, 0) is 25.0 Å². The van der Waals surface area contributed by atoms with Gasteiger partial charge >= 0.3 is 6.03 Å². The Labute approximate surface area is 99.0 Å². The van der Waals surface area contributed by atoms with E-state index < -0.39 is 0 Å². The van der Waals surface area contributed by atoms with Gasteiger partial charge in [-0.15, -0.1) is 0 Å². The lowest BCUT2D eigenvalue weighted by atomic mass is 10.3. The van der Waals surface area contributed by atoms with Crippen molar-refractivity contribution < 1.29 is 4.79 Å². The van der Waals surface area contributed by atoms with Crippen molar-refractivity contribution in [2.45, 2.75) is 12.8 Å². The number of nitrogens with one attached hydrogen (secondary N) is 1. The van der Waals surface area contributed by atoms with Crippen LogP contribution in [0.25, 0.3) is 11.0 Å². The van der Waals surface area contributed by atoms with Crippen LogP contribution in [0, 0.1) is 0 Å². The number of likely N-dealkylation sites (tertiary alicyclic amines) is 1. The highest BCUT2D eigenvalue weighted by atomic mass is 16.2. The molecule has 1 saturated heterocycles. The fourth-order valence-electron chi connectivity index (χ4n) is 2.14. The van der Waals surface area contributed by atoms with Crippen molar-refractivity contribution >= 4 is 17.1 Å². The molecule has 0 radical (unpaired) electrons. The summed E-state index contributed by atoms with van der Waals surface area (Å²) in [7, 11) is 0. The summed E-state index contributed by atoms with van der Waals surface area (Å²) in [6.45, 7) is 1.69. The second-order valence-corrected chi connectivity index (χ2v) is 4.21. The Balaban J connectivity index is 1.82. The Morgan fingerprint density at radius 2 is 2.00 bits per heavy atom. The molecular formula is C12H14N4O. The first-order chi connectivity index (χ1) is 8.34. The molecule has 0 spiro atoms. The normalized spacial score (nSPS) is 15.4. The number of rotatable bonds is 1. The summed E-state index contributed by atoms with van der Waals surface area (Å²) in [5.41, 5.74) is 4.65. The van der Waals surface area contributed by atoms with Gasteiger partial charge in [-0.3, -0.25) is 0 Å². The Bertz CT molecular complexity index is 542. The minimum Gasteiger partial charge on any atom is -0.323 e. The molecule has 0 bridgehead atoms. The monoisotopic (exact) mass is 230 g/mol. The fraction of sp³-hybridized carbons (Fsp3) is 0.333. The van der Waals surface area contributed by atoms with Crippen molar-refractivity contribution in [1.82, 2.24) is 14.6 Å². The molecule has 5 heteroatoms. The third-order valence-corrected chi connectivity index (χ3v) is 3.06. The van der Waals surface area contributed by atoms with Crippen molar-refractivity contribution in [2.75, 3.05) is 18.5 Å². The molecule has 0 saturated carbocycles. The molecule has 5 nitrogen and oxygen atoms in total. The minimum absolute atomic E-state index is 0.0503. The van der Waals surface area contributed by atoms with E-state index in [9.17, 15) is 4.79 Å². The van der Waals surface area contributed by atoms with Crippen molar-refractivity contribution in [2.24, 2.45) is 0 Å². The van der Waals surface area contributed by atoms with Crippen molar-refractivity contribution in [3.8, 4) is 0 Å². The van der Waals surface area contributed by atoms with Gasteiger partial charge in [0, 0.05) is 13.1 Å². The molecular weight excluding hydrogens is 216 g/mol. The largest absolute Gasteiger partial charge is 0.336 e. The number of carbonyl (C=O) groups is 1. The Hall–Kier alpha value is -2.04. The Morgan fingerprint density at radius 1 is 1.24 bits per heavy atom. The van der Waals surface area contributed by atoms with Crippen LogP contribution in [-0.2, 0) is 0 Å². The zero-order valence-corrected chi connectivity index (χ0v) is 9.47. The summed E-state index contributed by atoms with van der Waals surface area (Å²) in [5.74, 6) is 0. The van der Waals surface area contributed by atoms with Gasteiger partial charge in [0.1, 0.15) is 6.33 Å². The van der Waals surface area contributed by atoms with Crippen LogP contribution in [0.4, 0.5) is 4.79 Å². The van der Waals surface area contributed by atoms with E-state index in [4.69, 9.17) is 0 Å². The smallest absolute Gasteiger partial charge is 0.323 e. The summed E-state index contributed by atoms with van der Waals surface area (Å²) < 4.78 is 1.68. The predicted molar refractivity (Wildman–Crippen MR) is 65.3 cm³/mol. The van der Waals surface area contributed by atoms with Gasteiger partial charge in [-0.25, -0.2) is 19.9 Å². The Morgan fingerprint density at radius 3 is 2.82 bits per heavy atom. The molecule has 1 aromatic carbocycles. The second-order valence-electron chi connectivity index (χ2n) is 4.21. The number of hydrogen-bond acceptors (Lipinski definition) is 2. The maximum atomic E-state index is 11.9. The quantitative estimate of drug-likeness (QED) is 0.812. The lowest BCUT2D eigenvalue weighted by Gasteiger charge is -2.16. The number of para-hydroxylation sites is 2. The zero-order valence-electron chi connectivity index (χ0n) is 9.47. The lowest BCUT2D eigenvalue weighted by molar-refractivity contribution is 0.219. The Kier molecular flexibility index (Phi) is 2.44. The predicted octanol–water partition coefficient (Wildman–Crippen LogP) is 1.80. The van der Waals surface area contributed by atoms with E-state index in [0.29, 0.717) is 0 Å². The van der Waals surface area contributed by atoms with Gasteiger partial charge < -0.3 is 4.90 Å². The van der Waals surface area contributed by atoms with E-state index in [1.807, 2.05) is 29.2 Å². The molecule has 1 N–H and O–H groups in total. The van der Waals surface area contributed by atoms with Gasteiger partial charge in [0.25, 0.3) is 0 Å². The molecule has 0 aliphatic carbocycles. The van der Waals surface area contributed by atoms with Crippen LogP contribution in [0.5, 0.6) is 0 Å². The van der Waals surface area contributed by atoms with Gasteiger partial charge in [0.05, 0.1) is 11.0 Å². The van der Waals surface area contributed by atoms with Crippen LogP contribution in [0.1, 0.15) is 12.8 Å². The lowest BCUT2D eigenvalue weighted by Crippen LogP contribution is -2.36. The molecule has 1 aliphatic rings. The molecule has 0 atom stereocenters. The average Bonchev–Trinajstić information content (AvgIpc) is 2.98. The summed E-state index contributed by atoms with van der Waals surface area (Å²) >= 11 is 0. The molecule has 2 heterocycles. The van der Waals surface area contributed by atoms with Crippen molar-refractivity contribution in [1.29, 1.82) is 0 Å². The van der Waals surface area contributed by atoms with E-state index in [0.717, 1.165) is 37.0 Å². The highest BCUT2D eigenvalue weighted by Crippen LogP contribution is 2.11. The van der Waals surface area contributed by atoms with Gasteiger partial charge in [0.15, 0.2) is 0 Å². The standard InChI is InChI=1S/C12H14N4O/c17-12(15-7-3-4-8-15)14-16-9-13-10-5-1-2-6-11(10)16/h1-2,5-6,9H,3-4,7-8H2,(H,14,17). The van der Waals surface area contributed by atoms with Gasteiger partial charge in [0.2, 0.25) is 0 Å². The fourth-order valence-corrected chi connectivity index (χ4v) is 2.14. The molecule has 2 aromatic rings. The van der Waals surface area contributed by atoms with E-state index in [2.05, 4.69) is 10.4 Å². The van der Waals surface area contributed by atoms with E-state index >= 15 is 0 Å². The summed E-state index contributed by atoms with van der Waals surface area (Å²) in [6, 6.07) is 7.68. The summed E-state index contributed by atoms with van der Waals surface area (Å²) in [4.78, 5) is 18.0. The number of aromatic nitrogens is 2. The maximum absolute atomic E-state index is 11.9. The van der Waals surface area contributed by atoms with Crippen LogP contribution in [0.3, 0.4) is 0 Å². The first-order valence-electron chi connectivity index (χ1n) is 5.82. The van der Waals surface area contributed by atoms with Crippen LogP contribution in [0.15, 0.2) is 30.6 Å². The number of imidazole rings is 1. The highest BCUT2D eigenvalue weighted by molar-refractivity contribution is 5.85. The first kappa shape index (κ1) is 10.1. The molecule has 1 aliphatic heterocycles. The molecule has 88 valence electrons. The van der Waals surface area contributed by atoms with Crippen molar-refractivity contribution in [3.05, 3.63) is 30.6 Å². The zero-order chi connectivity index (χ0) is 11.7. The molecule has 0 unspecified atom stereocenters. The van der Waals surface area contributed by atoms with Crippen LogP contribution < -0.4 is 5.43 Å². The van der Waals surface area contributed by atoms with Crippen molar-refractivity contribution in [3.63, 3.8) is 0 Å². The molecule has 2 amide bonds. The van der Waals surface area contributed by atoms with E-state index in [-0.39, 0.29) is 6.03 Å². The van der Waals surface area contributed by atoms with Crippen LogP contribution in [0.2, 0.25) is 0 Å². The third-order valence-electron chi connectivity index (χ3n) is 3.06. The molecule has 1 aromatic heterocycles. The average molecular weight is 230 g/mol. The maximum Gasteiger partial charge on any atom is 0.336 e. The molecule has 3 rings (SSSR count). The second kappa shape index (κ2) is 4.08. The van der Waals surface area contributed by atoms with Crippen LogP contribution in [-0.4, -0.2) is 33.7 Å². The SMILES string of the molecule is O=C(Nn1cnc2ccccc21)N1CCCC1. The summed E-state index contributed by atoms with van der Waals surface area (Å²) in [5, 5.41) is 0. The van der Waals surface area contributed by atoms with Crippen LogP contribution >= 0.6 is 0 Å². The van der Waals surface area contributed by atoms with Gasteiger partial charge in [-0.2, -0.15) is 0 Å². The number of fused-ring (bicyclic) bond motifs is 1. The summed E-state index contributed by atoms with van der Waals surface area (Å²) in [6.07, 6.45) is 3.83.